The molecule has 1 amide bonds. The highest BCUT2D eigenvalue weighted by Crippen LogP contribution is 2.43. The Bertz CT molecular complexity index is 1610. The van der Waals surface area contributed by atoms with Crippen LogP contribution in [0.25, 0.3) is 0 Å². The highest BCUT2D eigenvalue weighted by molar-refractivity contribution is 9.10. The highest BCUT2D eigenvalue weighted by Gasteiger charge is 2.53. The topological polar surface area (TPSA) is 89.4 Å². The number of nitrogens with zero attached hydrogens (tertiary/aromatic N) is 1. The van der Waals surface area contributed by atoms with Crippen molar-refractivity contribution in [1.29, 1.82) is 0 Å². The third-order valence-electron chi connectivity index (χ3n) is 7.57. The molecule has 2 N–H and O–H groups in total. The summed E-state index contributed by atoms with van der Waals surface area (Å²) in [6.45, 7) is 3.42. The summed E-state index contributed by atoms with van der Waals surface area (Å²) in [7, 11) is 0. The van der Waals surface area contributed by atoms with E-state index in [4.69, 9.17) is 24.3 Å². The molecule has 0 unspecified atom stereocenters. The predicted molar refractivity (Wildman–Crippen MR) is 183 cm³/mol. The van der Waals surface area contributed by atoms with Crippen LogP contribution in [-0.4, -0.2) is 48.8 Å². The van der Waals surface area contributed by atoms with Gasteiger partial charge in [0.1, 0.15) is 11.5 Å². The lowest BCUT2D eigenvalue weighted by Gasteiger charge is -2.31. The molecule has 0 saturated carbocycles. The van der Waals surface area contributed by atoms with E-state index in [-0.39, 0.29) is 12.5 Å². The minimum Gasteiger partial charge on any atom is -0.494 e. The van der Waals surface area contributed by atoms with E-state index in [0.29, 0.717) is 50.7 Å². The molecule has 2 atom stereocenters. The van der Waals surface area contributed by atoms with Crippen LogP contribution < -0.4 is 14.8 Å². The zero-order valence-electron chi connectivity index (χ0n) is 25.0. The molecule has 0 fully saturated rings. The van der Waals surface area contributed by atoms with Crippen molar-refractivity contribution in [2.75, 3.05) is 26.4 Å². The van der Waals surface area contributed by atoms with Gasteiger partial charge in [0.2, 0.25) is 5.90 Å². The molecule has 5 rings (SSSR count). The first-order chi connectivity index (χ1) is 21.9. The van der Waals surface area contributed by atoms with Crippen molar-refractivity contribution in [1.82, 2.24) is 5.32 Å². The second-order valence-corrected chi connectivity index (χ2v) is 12.4. The Hall–Kier alpha value is -3.66. The van der Waals surface area contributed by atoms with Gasteiger partial charge in [-0.15, -0.1) is 0 Å². The molecule has 1 aliphatic rings. The standard InChI is InChI=1S/C36H36Br2N2O5/c1-2-43-32-11-6-4-8-25(32)20-21-39-35(42)36(24-28-9-3-5-10-31(28)38)33(26-12-16-29(37)17-13-26)45-34(40-36)27-14-18-30(19-15-27)44-23-7-22-41/h3-6,8-19,33,41H,2,7,20-24H2,1H3,(H,39,42)/t33-,36-/m1/s1. The van der Waals surface area contributed by atoms with Gasteiger partial charge < -0.3 is 24.6 Å². The van der Waals surface area contributed by atoms with Crippen LogP contribution in [0.4, 0.5) is 0 Å². The maximum Gasteiger partial charge on any atom is 0.252 e. The van der Waals surface area contributed by atoms with Gasteiger partial charge in [0.25, 0.3) is 5.91 Å². The molecular formula is C36H36Br2N2O5. The number of aliphatic hydroxyl groups is 1. The lowest BCUT2D eigenvalue weighted by molar-refractivity contribution is -0.128. The van der Waals surface area contributed by atoms with Crippen LogP contribution in [0.5, 0.6) is 11.5 Å². The third-order valence-corrected chi connectivity index (χ3v) is 8.88. The van der Waals surface area contributed by atoms with Crippen LogP contribution >= 0.6 is 31.9 Å². The van der Waals surface area contributed by atoms with E-state index in [1.807, 2.05) is 104 Å². The van der Waals surface area contributed by atoms with E-state index in [2.05, 4.69) is 37.2 Å². The molecule has 1 aliphatic heterocycles. The molecule has 0 radical (unpaired) electrons. The van der Waals surface area contributed by atoms with Gasteiger partial charge >= 0.3 is 0 Å². The molecule has 234 valence electrons. The van der Waals surface area contributed by atoms with Crippen LogP contribution in [0.15, 0.2) is 111 Å². The average molecular weight is 737 g/mol. The fraction of sp³-hybridized carbons (Fsp3) is 0.278. The van der Waals surface area contributed by atoms with Gasteiger partial charge in [-0.2, -0.15) is 0 Å². The number of nitrogens with one attached hydrogen (secondary N) is 1. The first-order valence-corrected chi connectivity index (χ1v) is 16.6. The third kappa shape index (κ3) is 7.95. The molecule has 0 bridgehead atoms. The van der Waals surface area contributed by atoms with Crippen LogP contribution in [0.3, 0.4) is 0 Å². The summed E-state index contributed by atoms with van der Waals surface area (Å²) >= 11 is 7.23. The summed E-state index contributed by atoms with van der Waals surface area (Å²) in [6.07, 6.45) is 0.771. The molecule has 4 aromatic carbocycles. The van der Waals surface area contributed by atoms with Crippen LogP contribution in [-0.2, 0) is 22.4 Å². The molecule has 0 aliphatic carbocycles. The molecule has 7 nitrogen and oxygen atoms in total. The number of para-hydroxylation sites is 1. The van der Waals surface area contributed by atoms with Crippen molar-refractivity contribution in [3.8, 4) is 11.5 Å². The molecular weight excluding hydrogens is 700 g/mol. The summed E-state index contributed by atoms with van der Waals surface area (Å²) in [5, 5.41) is 12.3. The minimum absolute atomic E-state index is 0.0703. The van der Waals surface area contributed by atoms with Crippen LogP contribution in [0.2, 0.25) is 0 Å². The maximum atomic E-state index is 14.5. The molecule has 1 heterocycles. The average Bonchev–Trinajstić information content (AvgIpc) is 3.44. The first kappa shape index (κ1) is 32.7. The monoisotopic (exact) mass is 734 g/mol. The Morgan fingerprint density at radius 2 is 1.64 bits per heavy atom. The number of hydrogen-bond donors (Lipinski definition) is 2. The Morgan fingerprint density at radius 3 is 2.36 bits per heavy atom. The molecule has 0 saturated heterocycles. The lowest BCUT2D eigenvalue weighted by Crippen LogP contribution is -2.50. The number of hydrogen-bond acceptors (Lipinski definition) is 6. The second kappa shape index (κ2) is 15.6. The van der Waals surface area contributed by atoms with E-state index in [9.17, 15) is 4.79 Å². The van der Waals surface area contributed by atoms with Crippen molar-refractivity contribution in [3.63, 3.8) is 0 Å². The minimum atomic E-state index is -1.30. The van der Waals surface area contributed by atoms with Gasteiger partial charge in [-0.1, -0.05) is 80.4 Å². The van der Waals surface area contributed by atoms with E-state index in [0.717, 1.165) is 36.9 Å². The molecule has 45 heavy (non-hydrogen) atoms. The van der Waals surface area contributed by atoms with Crippen molar-refractivity contribution in [2.24, 2.45) is 4.99 Å². The van der Waals surface area contributed by atoms with Crippen molar-refractivity contribution in [2.45, 2.75) is 37.8 Å². The van der Waals surface area contributed by atoms with Gasteiger partial charge in [-0.25, -0.2) is 4.99 Å². The molecule has 4 aromatic rings. The summed E-state index contributed by atoms with van der Waals surface area (Å²) in [5.74, 6) is 1.66. The summed E-state index contributed by atoms with van der Waals surface area (Å²) in [4.78, 5) is 19.7. The predicted octanol–water partition coefficient (Wildman–Crippen LogP) is 7.23. The smallest absolute Gasteiger partial charge is 0.252 e. The van der Waals surface area contributed by atoms with E-state index in [1.165, 1.54) is 0 Å². The van der Waals surface area contributed by atoms with Crippen LogP contribution in [0.1, 0.15) is 41.7 Å². The second-order valence-electron chi connectivity index (χ2n) is 10.7. The van der Waals surface area contributed by atoms with Gasteiger partial charge in [-0.05, 0) is 78.6 Å². The lowest BCUT2D eigenvalue weighted by atomic mass is 9.82. The highest BCUT2D eigenvalue weighted by atomic mass is 79.9. The van der Waals surface area contributed by atoms with Crippen molar-refractivity contribution >= 4 is 43.7 Å². The van der Waals surface area contributed by atoms with E-state index < -0.39 is 11.6 Å². The van der Waals surface area contributed by atoms with Gasteiger partial charge in [0.05, 0.1) is 13.2 Å². The number of rotatable bonds is 14. The van der Waals surface area contributed by atoms with Crippen molar-refractivity contribution in [3.05, 3.63) is 128 Å². The number of ether oxygens (including phenoxy) is 3. The zero-order valence-corrected chi connectivity index (χ0v) is 28.2. The SMILES string of the molecule is CCOc1ccccc1CCNC(=O)[C@]1(Cc2ccccc2Br)N=C(c2ccc(OCCCO)cc2)O[C@@H]1c1ccc(Br)cc1. The summed E-state index contributed by atoms with van der Waals surface area (Å²) in [5.41, 5.74) is 2.24. The fourth-order valence-corrected chi connectivity index (χ4v) is 6.01. The molecule has 0 aromatic heterocycles. The number of carbonyl (C=O) groups excluding carboxylic acids is 1. The first-order valence-electron chi connectivity index (χ1n) is 15.0. The Morgan fingerprint density at radius 1 is 0.933 bits per heavy atom. The van der Waals surface area contributed by atoms with Crippen molar-refractivity contribution < 1.29 is 24.1 Å². The van der Waals surface area contributed by atoms with Gasteiger partial charge in [0.15, 0.2) is 11.6 Å². The number of carbonyl (C=O) groups is 1. The Kier molecular flexibility index (Phi) is 11.3. The maximum absolute atomic E-state index is 14.5. The number of benzene rings is 4. The number of aliphatic imine (C=N–C) groups is 1. The van der Waals surface area contributed by atoms with Gasteiger partial charge in [0, 0.05) is 40.5 Å². The normalized spacial score (nSPS) is 17.3. The molecule has 9 heteroatoms. The number of aliphatic hydroxyl groups excluding tert-OH is 1. The van der Waals surface area contributed by atoms with E-state index in [1.54, 1.807) is 0 Å². The fourth-order valence-electron chi connectivity index (χ4n) is 5.32. The number of amides is 1. The van der Waals surface area contributed by atoms with E-state index >= 15 is 0 Å². The largest absolute Gasteiger partial charge is 0.494 e. The Labute approximate surface area is 280 Å². The zero-order chi connectivity index (χ0) is 31.6. The Balaban J connectivity index is 1.51. The summed E-state index contributed by atoms with van der Waals surface area (Å²) in [6, 6.07) is 31.0. The summed E-state index contributed by atoms with van der Waals surface area (Å²) < 4.78 is 20.0. The molecule has 0 spiro atoms. The quantitative estimate of drug-likeness (QED) is 0.134. The van der Waals surface area contributed by atoms with Crippen LogP contribution in [0, 0.1) is 0 Å². The van der Waals surface area contributed by atoms with Gasteiger partial charge in [-0.3, -0.25) is 4.79 Å². The number of halogens is 2.